The summed E-state index contributed by atoms with van der Waals surface area (Å²) in [5, 5.41) is 6.64. The lowest BCUT2D eigenvalue weighted by Gasteiger charge is -2.31. The zero-order valence-corrected chi connectivity index (χ0v) is 15.4. The van der Waals surface area contributed by atoms with Gasteiger partial charge in [0.15, 0.2) is 5.11 Å². The highest BCUT2D eigenvalue weighted by atomic mass is 79.9. The van der Waals surface area contributed by atoms with Gasteiger partial charge in [-0.05, 0) is 57.6 Å². The van der Waals surface area contributed by atoms with Crippen molar-refractivity contribution in [2.45, 2.75) is 39.3 Å². The third kappa shape index (κ3) is 4.08. The number of carbonyl (C=O) groups is 1. The first kappa shape index (κ1) is 17.0. The Morgan fingerprint density at radius 3 is 2.64 bits per heavy atom. The van der Waals surface area contributed by atoms with E-state index in [9.17, 15) is 4.79 Å². The van der Waals surface area contributed by atoms with Crippen molar-refractivity contribution < 1.29 is 9.53 Å². The van der Waals surface area contributed by atoms with Crippen LogP contribution in [0, 0.1) is 0 Å². The summed E-state index contributed by atoms with van der Waals surface area (Å²) in [5.74, 6) is -0.350. The molecule has 2 rings (SSSR count). The molecule has 0 radical (unpaired) electrons. The van der Waals surface area contributed by atoms with E-state index in [1.807, 2.05) is 52.0 Å². The Morgan fingerprint density at radius 1 is 1.36 bits per heavy atom. The molecule has 2 N–H and O–H groups in total. The number of carbonyl (C=O) groups excluding carboxylic acids is 1. The molecular weight excluding hydrogens is 364 g/mol. The minimum Gasteiger partial charge on any atom is -0.456 e. The number of hydrogen-bond donors (Lipinski definition) is 2. The van der Waals surface area contributed by atoms with Crippen LogP contribution in [0.25, 0.3) is 0 Å². The molecule has 0 fully saturated rings. The largest absolute Gasteiger partial charge is 0.456 e. The van der Waals surface area contributed by atoms with Gasteiger partial charge in [0.05, 0.1) is 11.6 Å². The van der Waals surface area contributed by atoms with Gasteiger partial charge in [-0.1, -0.05) is 28.1 Å². The van der Waals surface area contributed by atoms with Crippen LogP contribution < -0.4 is 10.6 Å². The van der Waals surface area contributed by atoms with Gasteiger partial charge in [0.25, 0.3) is 0 Å². The highest BCUT2D eigenvalue weighted by molar-refractivity contribution is 9.10. The lowest BCUT2D eigenvalue weighted by molar-refractivity contribution is -0.150. The molecule has 0 saturated carbocycles. The molecule has 0 spiro atoms. The summed E-state index contributed by atoms with van der Waals surface area (Å²) >= 11 is 8.68. The first-order valence-corrected chi connectivity index (χ1v) is 8.14. The second-order valence-electron chi connectivity index (χ2n) is 6.13. The van der Waals surface area contributed by atoms with Crippen LogP contribution in [0.3, 0.4) is 0 Å². The molecule has 1 atom stereocenters. The fourth-order valence-electron chi connectivity index (χ4n) is 2.23. The van der Waals surface area contributed by atoms with Gasteiger partial charge in [0.2, 0.25) is 0 Å². The quantitative estimate of drug-likeness (QED) is 0.604. The van der Waals surface area contributed by atoms with Crippen LogP contribution in [0.15, 0.2) is 40.0 Å². The highest BCUT2D eigenvalue weighted by Crippen LogP contribution is 2.30. The predicted molar refractivity (Wildman–Crippen MR) is 94.3 cm³/mol. The van der Waals surface area contributed by atoms with E-state index in [4.69, 9.17) is 17.0 Å². The summed E-state index contributed by atoms with van der Waals surface area (Å²) < 4.78 is 6.48. The van der Waals surface area contributed by atoms with Crippen molar-refractivity contribution in [1.82, 2.24) is 10.6 Å². The first-order valence-electron chi connectivity index (χ1n) is 6.94. The highest BCUT2D eigenvalue weighted by Gasteiger charge is 2.32. The van der Waals surface area contributed by atoms with E-state index in [-0.39, 0.29) is 12.0 Å². The molecule has 1 aliphatic heterocycles. The first-order chi connectivity index (χ1) is 10.2. The van der Waals surface area contributed by atoms with E-state index in [0.29, 0.717) is 16.4 Å². The summed E-state index contributed by atoms with van der Waals surface area (Å²) in [5.41, 5.74) is 1.65. The predicted octanol–water partition coefficient (Wildman–Crippen LogP) is 3.58. The molecule has 4 nitrogen and oxygen atoms in total. The fourth-order valence-corrected chi connectivity index (χ4v) is 2.92. The van der Waals surface area contributed by atoms with Crippen molar-refractivity contribution >= 4 is 39.2 Å². The van der Waals surface area contributed by atoms with Crippen molar-refractivity contribution in [3.63, 3.8) is 0 Å². The average Bonchev–Trinajstić information content (AvgIpc) is 2.35. The fraction of sp³-hybridized carbons (Fsp3) is 0.375. The number of allylic oxidation sites excluding steroid dienone is 1. The molecule has 6 heteroatoms. The third-order valence-corrected chi connectivity index (χ3v) is 3.78. The van der Waals surface area contributed by atoms with E-state index in [0.717, 1.165) is 10.0 Å². The standard InChI is InChI=1S/C16H19BrN2O2S/c1-9-12(14(20)21-16(2,3)4)13(19-15(22)18-9)10-6-5-7-11(17)8-10/h5-8,13H,1-4H3,(H2,18,19,22)/t13-/m0/s1. The van der Waals surface area contributed by atoms with Crippen LogP contribution in [0.4, 0.5) is 0 Å². The molecule has 118 valence electrons. The molecule has 0 aliphatic carbocycles. The van der Waals surface area contributed by atoms with E-state index >= 15 is 0 Å². The maximum absolute atomic E-state index is 12.6. The van der Waals surface area contributed by atoms with E-state index in [2.05, 4.69) is 26.6 Å². The summed E-state index contributed by atoms with van der Waals surface area (Å²) in [6.45, 7) is 7.38. The van der Waals surface area contributed by atoms with Crippen LogP contribution >= 0.6 is 28.1 Å². The zero-order chi connectivity index (χ0) is 16.5. The number of benzene rings is 1. The van der Waals surface area contributed by atoms with Gasteiger partial charge >= 0.3 is 5.97 Å². The normalized spacial score (nSPS) is 18.6. The van der Waals surface area contributed by atoms with Crippen LogP contribution in [-0.2, 0) is 9.53 Å². The Morgan fingerprint density at radius 2 is 2.05 bits per heavy atom. The van der Waals surface area contributed by atoms with Gasteiger partial charge in [-0.25, -0.2) is 4.79 Å². The second-order valence-corrected chi connectivity index (χ2v) is 7.45. The van der Waals surface area contributed by atoms with Gasteiger partial charge in [-0.3, -0.25) is 0 Å². The number of thiocarbonyl (C=S) groups is 1. The SMILES string of the molecule is CC1=C(C(=O)OC(C)(C)C)[C@H](c2cccc(Br)c2)NC(=S)N1. The average molecular weight is 383 g/mol. The zero-order valence-electron chi connectivity index (χ0n) is 13.0. The van der Waals surface area contributed by atoms with E-state index in [1.54, 1.807) is 0 Å². The molecular formula is C16H19BrN2O2S. The minimum absolute atomic E-state index is 0.332. The van der Waals surface area contributed by atoms with Gasteiger partial charge in [-0.2, -0.15) is 0 Å². The van der Waals surface area contributed by atoms with Gasteiger partial charge < -0.3 is 15.4 Å². The number of ether oxygens (including phenoxy) is 1. The van der Waals surface area contributed by atoms with Gasteiger partial charge in [0, 0.05) is 10.2 Å². The minimum atomic E-state index is -0.551. The molecule has 22 heavy (non-hydrogen) atoms. The molecule has 0 bridgehead atoms. The molecule has 0 saturated heterocycles. The summed E-state index contributed by atoms with van der Waals surface area (Å²) in [7, 11) is 0. The van der Waals surface area contributed by atoms with E-state index in [1.165, 1.54) is 0 Å². The third-order valence-electron chi connectivity index (χ3n) is 3.07. The number of rotatable bonds is 2. The molecule has 1 aliphatic rings. The van der Waals surface area contributed by atoms with Crippen LogP contribution in [0.2, 0.25) is 0 Å². The Balaban J connectivity index is 2.43. The summed E-state index contributed by atoms with van der Waals surface area (Å²) in [6, 6.07) is 7.44. The molecule has 1 aromatic rings. The lowest BCUT2D eigenvalue weighted by atomic mass is 9.95. The van der Waals surface area contributed by atoms with Gasteiger partial charge in [0.1, 0.15) is 5.60 Å². The van der Waals surface area contributed by atoms with Gasteiger partial charge in [-0.15, -0.1) is 0 Å². The topological polar surface area (TPSA) is 50.4 Å². The van der Waals surface area contributed by atoms with Crippen LogP contribution in [-0.4, -0.2) is 16.7 Å². The summed E-state index contributed by atoms with van der Waals surface area (Å²) in [6.07, 6.45) is 0. The van der Waals surface area contributed by atoms with Crippen LogP contribution in [0.5, 0.6) is 0 Å². The lowest BCUT2D eigenvalue weighted by Crippen LogP contribution is -2.45. The van der Waals surface area contributed by atoms with Crippen LogP contribution in [0.1, 0.15) is 39.3 Å². The van der Waals surface area contributed by atoms with Crippen molar-refractivity contribution in [1.29, 1.82) is 0 Å². The van der Waals surface area contributed by atoms with E-state index < -0.39 is 5.60 Å². The van der Waals surface area contributed by atoms with Crippen molar-refractivity contribution in [3.05, 3.63) is 45.6 Å². The number of esters is 1. The maximum atomic E-state index is 12.6. The van der Waals surface area contributed by atoms with Crippen molar-refractivity contribution in [3.8, 4) is 0 Å². The monoisotopic (exact) mass is 382 g/mol. The molecule has 0 amide bonds. The molecule has 1 aromatic carbocycles. The number of nitrogens with one attached hydrogen (secondary N) is 2. The smallest absolute Gasteiger partial charge is 0.338 e. The molecule has 1 heterocycles. The van der Waals surface area contributed by atoms with Crippen molar-refractivity contribution in [2.24, 2.45) is 0 Å². The Labute approximate surface area is 144 Å². The number of halogens is 1. The second kappa shape index (κ2) is 6.38. The number of hydrogen-bond acceptors (Lipinski definition) is 3. The van der Waals surface area contributed by atoms with Crippen molar-refractivity contribution in [2.75, 3.05) is 0 Å². The summed E-state index contributed by atoms with van der Waals surface area (Å²) in [4.78, 5) is 12.6. The Kier molecular flexibility index (Phi) is 4.92. The maximum Gasteiger partial charge on any atom is 0.338 e. The molecule has 0 aromatic heterocycles. The Hall–Kier alpha value is -1.40. The Bertz CT molecular complexity index is 650. The molecule has 0 unspecified atom stereocenters.